The van der Waals surface area contributed by atoms with E-state index in [0.717, 1.165) is 53.1 Å². The van der Waals surface area contributed by atoms with Gasteiger partial charge in [0.2, 0.25) is 0 Å². The van der Waals surface area contributed by atoms with Gasteiger partial charge in [-0.1, -0.05) is 35.4 Å². The Labute approximate surface area is 196 Å². The lowest BCUT2D eigenvalue weighted by molar-refractivity contribution is -0.139. The molecule has 0 spiro atoms. The van der Waals surface area contributed by atoms with Crippen molar-refractivity contribution in [1.29, 1.82) is 0 Å². The van der Waals surface area contributed by atoms with Crippen LogP contribution >= 0.6 is 0 Å². The van der Waals surface area contributed by atoms with Gasteiger partial charge in [0.15, 0.2) is 5.78 Å². The third-order valence-electron chi connectivity index (χ3n) is 6.84. The van der Waals surface area contributed by atoms with Gasteiger partial charge in [-0.25, -0.2) is 4.79 Å². The van der Waals surface area contributed by atoms with E-state index in [1.54, 1.807) is 7.11 Å². The van der Waals surface area contributed by atoms with E-state index >= 15 is 0 Å². The fourth-order valence-electron chi connectivity index (χ4n) is 5.26. The van der Waals surface area contributed by atoms with Gasteiger partial charge in [0.1, 0.15) is 5.75 Å². The van der Waals surface area contributed by atoms with E-state index in [0.29, 0.717) is 31.4 Å². The van der Waals surface area contributed by atoms with E-state index in [4.69, 9.17) is 9.47 Å². The standard InChI is InChI=1S/C28H33NO4/c1-17(2)13-14-33-28(31)25-18(3)29-22-15-20(21-11-7-8-12-24(21)32-4)16-23(30)27(22)26(25)19-9-5-6-10-19/h7-9,11-12,20,26,29H,1,5-6,10,13-16H2,2-4H3. The molecule has 2 unspecified atom stereocenters. The number of carbonyl (C=O) groups excluding carboxylic acids is 2. The summed E-state index contributed by atoms with van der Waals surface area (Å²) in [6.07, 6.45) is 6.89. The molecule has 0 bridgehead atoms. The average molecular weight is 448 g/mol. The summed E-state index contributed by atoms with van der Waals surface area (Å²) in [6.45, 7) is 8.01. The summed E-state index contributed by atoms with van der Waals surface area (Å²) in [7, 11) is 1.66. The first-order valence-electron chi connectivity index (χ1n) is 11.8. The van der Waals surface area contributed by atoms with Crippen LogP contribution in [0.4, 0.5) is 0 Å². The van der Waals surface area contributed by atoms with Gasteiger partial charge in [-0.3, -0.25) is 4.79 Å². The number of rotatable bonds is 7. The van der Waals surface area contributed by atoms with Gasteiger partial charge in [0.05, 0.1) is 19.3 Å². The van der Waals surface area contributed by atoms with Crippen molar-refractivity contribution in [2.45, 2.75) is 58.3 Å². The Bertz CT molecular complexity index is 1080. The predicted molar refractivity (Wildman–Crippen MR) is 129 cm³/mol. The minimum atomic E-state index is -0.342. The first-order chi connectivity index (χ1) is 15.9. The Morgan fingerprint density at radius 2 is 2.03 bits per heavy atom. The number of dihydropyridines is 1. The van der Waals surface area contributed by atoms with Crippen LogP contribution in [0.25, 0.3) is 0 Å². The van der Waals surface area contributed by atoms with Crippen molar-refractivity contribution in [2.24, 2.45) is 5.92 Å². The molecule has 0 amide bonds. The summed E-state index contributed by atoms with van der Waals surface area (Å²) < 4.78 is 11.2. The number of hydrogen-bond donors (Lipinski definition) is 1. The van der Waals surface area contributed by atoms with Crippen molar-refractivity contribution < 1.29 is 19.1 Å². The molecule has 1 aliphatic heterocycles. The van der Waals surface area contributed by atoms with Crippen LogP contribution in [0.15, 0.2) is 70.6 Å². The molecule has 0 aromatic heterocycles. The summed E-state index contributed by atoms with van der Waals surface area (Å²) >= 11 is 0. The molecular weight excluding hydrogens is 414 g/mol. The number of methoxy groups -OCH3 is 1. The molecule has 1 aromatic rings. The van der Waals surface area contributed by atoms with Crippen LogP contribution in [0.2, 0.25) is 0 Å². The summed E-state index contributed by atoms with van der Waals surface area (Å²) in [4.78, 5) is 26.8. The lowest BCUT2D eigenvalue weighted by Crippen LogP contribution is -2.37. The van der Waals surface area contributed by atoms with Crippen LogP contribution in [-0.2, 0) is 14.3 Å². The lowest BCUT2D eigenvalue weighted by atomic mass is 9.71. The van der Waals surface area contributed by atoms with Crippen molar-refractivity contribution >= 4 is 11.8 Å². The molecule has 1 heterocycles. The quantitative estimate of drug-likeness (QED) is 0.441. The molecule has 2 atom stereocenters. The van der Waals surface area contributed by atoms with Gasteiger partial charge in [0, 0.05) is 41.6 Å². The third kappa shape index (κ3) is 4.68. The van der Waals surface area contributed by atoms with Gasteiger partial charge >= 0.3 is 5.97 Å². The van der Waals surface area contributed by atoms with E-state index in [-0.39, 0.29) is 23.6 Å². The van der Waals surface area contributed by atoms with E-state index < -0.39 is 0 Å². The second-order valence-corrected chi connectivity index (χ2v) is 9.27. The van der Waals surface area contributed by atoms with Gasteiger partial charge < -0.3 is 14.8 Å². The maximum absolute atomic E-state index is 13.6. The number of nitrogens with one attached hydrogen (secondary N) is 1. The molecule has 0 saturated carbocycles. The number of Topliss-reactive ketones (excluding diaryl/α,β-unsaturated/α-hetero) is 1. The fourth-order valence-corrected chi connectivity index (χ4v) is 5.26. The Hall–Kier alpha value is -3.08. The molecule has 3 aliphatic rings. The number of ketones is 1. The molecule has 1 aromatic carbocycles. The van der Waals surface area contributed by atoms with Crippen LogP contribution in [0.5, 0.6) is 5.75 Å². The molecule has 5 nitrogen and oxygen atoms in total. The fraction of sp³-hybridized carbons (Fsp3) is 0.429. The normalized spacial score (nSPS) is 22.5. The van der Waals surface area contributed by atoms with Crippen LogP contribution in [0.1, 0.15) is 63.9 Å². The number of carbonyl (C=O) groups is 2. The highest BCUT2D eigenvalue weighted by Gasteiger charge is 2.42. The van der Waals surface area contributed by atoms with Crippen molar-refractivity contribution in [3.05, 3.63) is 76.2 Å². The number of hydrogen-bond acceptors (Lipinski definition) is 5. The molecule has 2 aliphatic carbocycles. The number of allylic oxidation sites excluding steroid dienone is 5. The topological polar surface area (TPSA) is 64.6 Å². The van der Waals surface area contributed by atoms with E-state index in [1.165, 1.54) is 5.57 Å². The van der Waals surface area contributed by atoms with Gasteiger partial charge in [-0.05, 0) is 51.2 Å². The highest BCUT2D eigenvalue weighted by atomic mass is 16.5. The molecule has 33 heavy (non-hydrogen) atoms. The average Bonchev–Trinajstić information content (AvgIpc) is 3.32. The third-order valence-corrected chi connectivity index (χ3v) is 6.84. The van der Waals surface area contributed by atoms with Crippen molar-refractivity contribution in [1.82, 2.24) is 5.32 Å². The lowest BCUT2D eigenvalue weighted by Gasteiger charge is -2.37. The Morgan fingerprint density at radius 3 is 2.73 bits per heavy atom. The summed E-state index contributed by atoms with van der Waals surface area (Å²) in [6, 6.07) is 7.90. The second kappa shape index (κ2) is 9.82. The monoisotopic (exact) mass is 447 g/mol. The molecular formula is C28H33NO4. The molecule has 0 saturated heterocycles. The Morgan fingerprint density at radius 1 is 1.24 bits per heavy atom. The van der Waals surface area contributed by atoms with Gasteiger partial charge in [-0.15, -0.1) is 6.58 Å². The molecule has 0 fully saturated rings. The highest BCUT2D eigenvalue weighted by molar-refractivity contribution is 6.03. The maximum Gasteiger partial charge on any atom is 0.336 e. The van der Waals surface area contributed by atoms with Crippen molar-refractivity contribution in [3.8, 4) is 5.75 Å². The Kier molecular flexibility index (Phi) is 6.87. The zero-order valence-electron chi connectivity index (χ0n) is 19.8. The minimum Gasteiger partial charge on any atom is -0.496 e. The summed E-state index contributed by atoms with van der Waals surface area (Å²) in [5, 5.41) is 3.42. The number of para-hydroxylation sites is 1. The predicted octanol–water partition coefficient (Wildman–Crippen LogP) is 5.51. The molecule has 4 rings (SSSR count). The molecule has 0 radical (unpaired) electrons. The van der Waals surface area contributed by atoms with Gasteiger partial charge in [-0.2, -0.15) is 0 Å². The zero-order chi connectivity index (χ0) is 23.5. The van der Waals surface area contributed by atoms with Crippen LogP contribution in [0.3, 0.4) is 0 Å². The van der Waals surface area contributed by atoms with Crippen LogP contribution < -0.4 is 10.1 Å². The number of ether oxygens (including phenoxy) is 2. The highest BCUT2D eigenvalue weighted by Crippen LogP contribution is 2.47. The molecule has 1 N–H and O–H groups in total. The Balaban J connectivity index is 1.68. The first kappa shape index (κ1) is 23.1. The van der Waals surface area contributed by atoms with Gasteiger partial charge in [0.25, 0.3) is 0 Å². The molecule has 174 valence electrons. The SMILES string of the molecule is C=C(C)CCOC(=O)C1=C(C)NC2=C(C(=O)CC(c3ccccc3OC)C2)C1C1=CCCC1. The smallest absolute Gasteiger partial charge is 0.336 e. The van der Waals surface area contributed by atoms with Crippen LogP contribution in [0, 0.1) is 5.92 Å². The van der Waals surface area contributed by atoms with E-state index in [9.17, 15) is 9.59 Å². The number of esters is 1. The minimum absolute atomic E-state index is 0.0370. The van der Waals surface area contributed by atoms with E-state index in [1.807, 2.05) is 38.1 Å². The molecule has 5 heteroatoms. The van der Waals surface area contributed by atoms with E-state index in [2.05, 4.69) is 18.0 Å². The first-order valence-corrected chi connectivity index (χ1v) is 11.8. The zero-order valence-corrected chi connectivity index (χ0v) is 19.8. The second-order valence-electron chi connectivity index (χ2n) is 9.27. The number of benzene rings is 1. The van der Waals surface area contributed by atoms with Crippen molar-refractivity contribution in [2.75, 3.05) is 13.7 Å². The summed E-state index contributed by atoms with van der Waals surface area (Å²) in [5.41, 5.74) is 6.21. The summed E-state index contributed by atoms with van der Waals surface area (Å²) in [5.74, 6) is 0.281. The maximum atomic E-state index is 13.6. The van der Waals surface area contributed by atoms with Crippen molar-refractivity contribution in [3.63, 3.8) is 0 Å². The van der Waals surface area contributed by atoms with Crippen LogP contribution in [-0.4, -0.2) is 25.5 Å². The largest absolute Gasteiger partial charge is 0.496 e.